The smallest absolute Gasteiger partial charge is 0.343 e. The van der Waals surface area contributed by atoms with Gasteiger partial charge in [0.1, 0.15) is 11.5 Å². The van der Waals surface area contributed by atoms with E-state index in [0.717, 1.165) is 18.1 Å². The highest BCUT2D eigenvalue weighted by Gasteiger charge is 2.22. The van der Waals surface area contributed by atoms with Crippen molar-refractivity contribution in [1.82, 2.24) is 0 Å². The Morgan fingerprint density at radius 1 is 0.833 bits per heavy atom. The second-order valence-corrected chi connectivity index (χ2v) is 8.54. The second kappa shape index (κ2) is 11.8. The van der Waals surface area contributed by atoms with Gasteiger partial charge < -0.3 is 9.47 Å². The number of carbonyl (C=O) groups excluding carboxylic acids is 1. The molecule has 0 unspecified atom stereocenters. The molecule has 3 rings (SSSR count). The monoisotopic (exact) mass is 408 g/mol. The van der Waals surface area contributed by atoms with Gasteiger partial charge in [0.2, 0.25) is 0 Å². The summed E-state index contributed by atoms with van der Waals surface area (Å²) in [7, 11) is 0. The van der Waals surface area contributed by atoms with E-state index in [2.05, 4.69) is 26.0 Å². The Hall–Kier alpha value is -2.29. The van der Waals surface area contributed by atoms with Crippen molar-refractivity contribution in [3.8, 4) is 11.5 Å². The summed E-state index contributed by atoms with van der Waals surface area (Å²) in [4.78, 5) is 12.4. The molecule has 2 aromatic rings. The number of esters is 1. The van der Waals surface area contributed by atoms with Crippen molar-refractivity contribution in [2.75, 3.05) is 6.61 Å². The van der Waals surface area contributed by atoms with Gasteiger partial charge in [0.25, 0.3) is 0 Å². The van der Waals surface area contributed by atoms with Crippen molar-refractivity contribution in [2.45, 2.75) is 77.6 Å². The van der Waals surface area contributed by atoms with Gasteiger partial charge in [-0.25, -0.2) is 4.79 Å². The lowest BCUT2D eigenvalue weighted by molar-refractivity contribution is 0.0734. The van der Waals surface area contributed by atoms with Gasteiger partial charge in [0.05, 0.1) is 12.2 Å². The fourth-order valence-corrected chi connectivity index (χ4v) is 4.35. The van der Waals surface area contributed by atoms with Crippen molar-refractivity contribution < 1.29 is 14.3 Å². The maximum Gasteiger partial charge on any atom is 0.343 e. The average Bonchev–Trinajstić information content (AvgIpc) is 2.79. The van der Waals surface area contributed by atoms with Crippen molar-refractivity contribution in [3.05, 3.63) is 59.7 Å². The molecular weight excluding hydrogens is 372 g/mol. The molecule has 0 radical (unpaired) electrons. The molecule has 1 aliphatic rings. The molecule has 3 heteroatoms. The summed E-state index contributed by atoms with van der Waals surface area (Å²) < 4.78 is 11.1. The number of hydrogen-bond acceptors (Lipinski definition) is 3. The molecule has 0 atom stereocenters. The molecule has 162 valence electrons. The lowest BCUT2D eigenvalue weighted by Crippen LogP contribution is -2.13. The molecule has 0 spiro atoms. The van der Waals surface area contributed by atoms with Crippen LogP contribution in [0.15, 0.2) is 48.5 Å². The van der Waals surface area contributed by atoms with Gasteiger partial charge in [0.15, 0.2) is 0 Å². The molecule has 0 aliphatic heterocycles. The Labute approximate surface area is 181 Å². The molecule has 0 N–H and O–H groups in total. The van der Waals surface area contributed by atoms with E-state index in [1.807, 2.05) is 24.3 Å². The maximum atomic E-state index is 12.4. The summed E-state index contributed by atoms with van der Waals surface area (Å²) in [5, 5.41) is 0. The molecule has 3 nitrogen and oxygen atoms in total. The number of rotatable bonds is 10. The molecule has 0 bridgehead atoms. The third kappa shape index (κ3) is 6.62. The Morgan fingerprint density at radius 2 is 1.50 bits per heavy atom. The molecular formula is C27H36O3. The van der Waals surface area contributed by atoms with Crippen LogP contribution in [0.2, 0.25) is 0 Å². The highest BCUT2D eigenvalue weighted by Crippen LogP contribution is 2.38. The minimum Gasteiger partial charge on any atom is -0.494 e. The first-order valence-corrected chi connectivity index (χ1v) is 11.7. The van der Waals surface area contributed by atoms with Gasteiger partial charge in [-0.2, -0.15) is 0 Å². The van der Waals surface area contributed by atoms with E-state index in [1.54, 1.807) is 12.1 Å². The Morgan fingerprint density at radius 3 is 2.13 bits per heavy atom. The van der Waals surface area contributed by atoms with Crippen LogP contribution in [-0.4, -0.2) is 12.6 Å². The van der Waals surface area contributed by atoms with Crippen LogP contribution in [0.25, 0.3) is 0 Å². The first-order chi connectivity index (χ1) is 14.7. The van der Waals surface area contributed by atoms with E-state index in [9.17, 15) is 4.79 Å². The topological polar surface area (TPSA) is 35.5 Å². The zero-order valence-electron chi connectivity index (χ0n) is 18.6. The van der Waals surface area contributed by atoms with Crippen molar-refractivity contribution >= 4 is 5.97 Å². The molecule has 0 saturated heterocycles. The predicted octanol–water partition coefficient (Wildman–Crippen LogP) is 7.55. The van der Waals surface area contributed by atoms with Crippen molar-refractivity contribution in [1.29, 1.82) is 0 Å². The summed E-state index contributed by atoms with van der Waals surface area (Å²) in [6, 6.07) is 15.3. The van der Waals surface area contributed by atoms with E-state index in [1.165, 1.54) is 56.9 Å². The largest absolute Gasteiger partial charge is 0.494 e. The highest BCUT2D eigenvalue weighted by atomic mass is 16.5. The van der Waals surface area contributed by atoms with Gasteiger partial charge in [0, 0.05) is 0 Å². The fraction of sp³-hybridized carbons (Fsp3) is 0.519. The van der Waals surface area contributed by atoms with E-state index in [-0.39, 0.29) is 5.97 Å². The summed E-state index contributed by atoms with van der Waals surface area (Å²) in [6.45, 7) is 5.02. The number of benzene rings is 2. The van der Waals surface area contributed by atoms with E-state index in [4.69, 9.17) is 9.47 Å². The summed E-state index contributed by atoms with van der Waals surface area (Å²) in [5.74, 6) is 2.61. The van der Waals surface area contributed by atoms with Gasteiger partial charge in [-0.15, -0.1) is 0 Å². The first kappa shape index (κ1) is 22.4. The standard InChI is InChI=1S/C27H36O3/c1-3-5-6-7-21-8-10-22(11-9-21)23-12-18-26(19-13-23)30-27(28)24-14-16-25(17-15-24)29-20-4-2/h12-19,21-22H,3-11,20H2,1-2H3. The van der Waals surface area contributed by atoms with Crippen LogP contribution >= 0.6 is 0 Å². The van der Waals surface area contributed by atoms with E-state index >= 15 is 0 Å². The maximum absolute atomic E-state index is 12.4. The zero-order chi connectivity index (χ0) is 21.2. The Bertz CT molecular complexity index is 756. The lowest BCUT2D eigenvalue weighted by Gasteiger charge is -2.29. The van der Waals surface area contributed by atoms with Crippen molar-refractivity contribution in [2.24, 2.45) is 5.92 Å². The fourth-order valence-electron chi connectivity index (χ4n) is 4.35. The third-order valence-corrected chi connectivity index (χ3v) is 6.19. The predicted molar refractivity (Wildman–Crippen MR) is 122 cm³/mol. The quantitative estimate of drug-likeness (QED) is 0.231. The number of carbonyl (C=O) groups is 1. The van der Waals surface area contributed by atoms with E-state index in [0.29, 0.717) is 23.8 Å². The van der Waals surface area contributed by atoms with Gasteiger partial charge in [-0.1, -0.05) is 51.7 Å². The van der Waals surface area contributed by atoms with Gasteiger partial charge in [-0.3, -0.25) is 0 Å². The van der Waals surface area contributed by atoms with Crippen LogP contribution in [0.1, 0.15) is 93.5 Å². The van der Waals surface area contributed by atoms with Crippen molar-refractivity contribution in [3.63, 3.8) is 0 Å². The third-order valence-electron chi connectivity index (χ3n) is 6.19. The highest BCUT2D eigenvalue weighted by molar-refractivity contribution is 5.91. The molecule has 1 aliphatic carbocycles. The molecule has 0 heterocycles. The van der Waals surface area contributed by atoms with Gasteiger partial charge in [-0.05, 0) is 85.9 Å². The molecule has 0 amide bonds. The van der Waals surface area contributed by atoms with Crippen LogP contribution < -0.4 is 9.47 Å². The summed E-state index contributed by atoms with van der Waals surface area (Å²) >= 11 is 0. The summed E-state index contributed by atoms with van der Waals surface area (Å²) in [6.07, 6.45) is 11.7. The second-order valence-electron chi connectivity index (χ2n) is 8.54. The zero-order valence-corrected chi connectivity index (χ0v) is 18.6. The van der Waals surface area contributed by atoms with Crippen LogP contribution in [0.3, 0.4) is 0 Å². The first-order valence-electron chi connectivity index (χ1n) is 11.7. The molecule has 0 aromatic heterocycles. The molecule has 1 saturated carbocycles. The molecule has 2 aromatic carbocycles. The molecule has 1 fully saturated rings. The normalized spacial score (nSPS) is 18.7. The Balaban J connectivity index is 1.48. The minimum atomic E-state index is -0.336. The van der Waals surface area contributed by atoms with Crippen LogP contribution in [-0.2, 0) is 0 Å². The molecule has 30 heavy (non-hydrogen) atoms. The summed E-state index contributed by atoms with van der Waals surface area (Å²) in [5.41, 5.74) is 1.91. The number of unbranched alkanes of at least 4 members (excludes halogenated alkanes) is 2. The number of ether oxygens (including phenoxy) is 2. The Kier molecular flexibility index (Phi) is 8.80. The van der Waals surface area contributed by atoms with Crippen LogP contribution in [0.5, 0.6) is 11.5 Å². The van der Waals surface area contributed by atoms with Gasteiger partial charge >= 0.3 is 5.97 Å². The minimum absolute atomic E-state index is 0.336. The average molecular weight is 409 g/mol. The number of hydrogen-bond donors (Lipinski definition) is 0. The van der Waals surface area contributed by atoms with Crippen LogP contribution in [0.4, 0.5) is 0 Å². The lowest BCUT2D eigenvalue weighted by atomic mass is 9.77. The van der Waals surface area contributed by atoms with Crippen LogP contribution in [0, 0.1) is 5.92 Å². The van der Waals surface area contributed by atoms with E-state index < -0.39 is 0 Å². The SMILES string of the molecule is CCCCCC1CCC(c2ccc(OC(=O)c3ccc(OCCC)cc3)cc2)CC1.